The number of anilines is 4. The van der Waals surface area contributed by atoms with Gasteiger partial charge < -0.3 is 26.6 Å². The van der Waals surface area contributed by atoms with E-state index in [1.807, 2.05) is 20.0 Å². The highest BCUT2D eigenvalue weighted by Crippen LogP contribution is 2.26. The third-order valence-corrected chi connectivity index (χ3v) is 6.38. The van der Waals surface area contributed by atoms with Gasteiger partial charge >= 0.3 is 0 Å². The van der Waals surface area contributed by atoms with Gasteiger partial charge in [-0.1, -0.05) is 25.3 Å². The van der Waals surface area contributed by atoms with Crippen LogP contribution in [0.15, 0.2) is 18.2 Å². The number of benzene rings is 1. The van der Waals surface area contributed by atoms with Crippen LogP contribution < -0.4 is 26.6 Å². The number of primary amides is 1. The Kier molecular flexibility index (Phi) is 7.04. The average Bonchev–Trinajstić information content (AvgIpc) is 3.28. The molecule has 0 radical (unpaired) electrons. The maximum atomic E-state index is 11.6. The van der Waals surface area contributed by atoms with Gasteiger partial charge in [0.25, 0.3) is 0 Å². The van der Waals surface area contributed by atoms with Crippen LogP contribution in [0.3, 0.4) is 0 Å². The fourth-order valence-corrected chi connectivity index (χ4v) is 4.49. The zero-order chi connectivity index (χ0) is 22.5. The number of nitrogens with one attached hydrogen (secondary N) is 3. The zero-order valence-corrected chi connectivity index (χ0v) is 19.0. The summed E-state index contributed by atoms with van der Waals surface area (Å²) < 4.78 is 0. The van der Waals surface area contributed by atoms with Crippen molar-refractivity contribution in [2.75, 3.05) is 42.2 Å². The van der Waals surface area contributed by atoms with Crippen molar-refractivity contribution in [1.82, 2.24) is 20.3 Å². The Morgan fingerprint density at radius 1 is 1.16 bits per heavy atom. The highest BCUT2D eigenvalue weighted by atomic mass is 16.1. The van der Waals surface area contributed by atoms with Gasteiger partial charge in [0.1, 0.15) is 0 Å². The van der Waals surface area contributed by atoms with E-state index in [9.17, 15) is 4.79 Å². The lowest BCUT2D eigenvalue weighted by Gasteiger charge is -2.27. The molecule has 1 saturated heterocycles. The van der Waals surface area contributed by atoms with Gasteiger partial charge in [-0.3, -0.25) is 4.79 Å². The molecule has 5 N–H and O–H groups in total. The first kappa shape index (κ1) is 22.3. The van der Waals surface area contributed by atoms with Gasteiger partial charge in [-0.05, 0) is 56.3 Å². The lowest BCUT2D eigenvalue weighted by molar-refractivity contribution is 0.100. The fraction of sp³-hybridized carbons (Fsp3) is 0.565. The lowest BCUT2D eigenvalue weighted by Crippen LogP contribution is -2.29. The molecule has 4 rings (SSSR count). The van der Waals surface area contributed by atoms with Crippen molar-refractivity contribution in [2.45, 2.75) is 51.5 Å². The number of carbonyl (C=O) groups excluding carboxylic acids is 1. The minimum Gasteiger partial charge on any atom is -0.366 e. The van der Waals surface area contributed by atoms with Crippen molar-refractivity contribution >= 4 is 29.4 Å². The SMILES string of the molecule is Cc1ccc(C(N)=O)cc1Nc1nc(N[C@@H]2CCNC2)nc(N(C)CC2CCCCC2)n1. The van der Waals surface area contributed by atoms with E-state index in [1.54, 1.807) is 12.1 Å². The van der Waals surface area contributed by atoms with Crippen molar-refractivity contribution in [3.8, 4) is 0 Å². The standard InChI is InChI=1S/C23H34N8O/c1-15-8-9-17(20(24)32)12-19(15)27-22-28-21(26-18-10-11-25-13-18)29-23(30-22)31(2)14-16-6-4-3-5-7-16/h8-9,12,16,18,25H,3-7,10-11,13-14H2,1-2H3,(H2,24,32)(H2,26,27,28,29,30)/t18-/m1/s1. The van der Waals surface area contributed by atoms with Gasteiger partial charge in [0.2, 0.25) is 23.8 Å². The maximum Gasteiger partial charge on any atom is 0.248 e. The molecule has 1 aliphatic heterocycles. The summed E-state index contributed by atoms with van der Waals surface area (Å²) in [6.45, 7) is 4.78. The van der Waals surface area contributed by atoms with E-state index in [4.69, 9.17) is 15.7 Å². The summed E-state index contributed by atoms with van der Waals surface area (Å²) in [6, 6.07) is 5.62. The van der Waals surface area contributed by atoms with Gasteiger partial charge in [-0.2, -0.15) is 15.0 Å². The molecule has 9 nitrogen and oxygen atoms in total. The number of rotatable bonds is 8. The number of hydrogen-bond acceptors (Lipinski definition) is 8. The predicted molar refractivity (Wildman–Crippen MR) is 128 cm³/mol. The Bertz CT molecular complexity index is 938. The molecule has 0 unspecified atom stereocenters. The summed E-state index contributed by atoms with van der Waals surface area (Å²) in [4.78, 5) is 27.8. The molecule has 1 aromatic carbocycles. The molecular weight excluding hydrogens is 404 g/mol. The van der Waals surface area contributed by atoms with Crippen LogP contribution >= 0.6 is 0 Å². The summed E-state index contributed by atoms with van der Waals surface area (Å²) in [5.41, 5.74) is 7.63. The monoisotopic (exact) mass is 438 g/mol. The normalized spacial score (nSPS) is 19.0. The molecule has 2 heterocycles. The molecule has 2 aliphatic rings. The number of hydrogen-bond donors (Lipinski definition) is 4. The van der Waals surface area contributed by atoms with Crippen molar-refractivity contribution in [2.24, 2.45) is 11.7 Å². The molecule has 0 bridgehead atoms. The minimum atomic E-state index is -0.465. The van der Waals surface area contributed by atoms with Gasteiger partial charge in [-0.25, -0.2) is 0 Å². The van der Waals surface area contributed by atoms with E-state index in [-0.39, 0.29) is 0 Å². The lowest BCUT2D eigenvalue weighted by atomic mass is 9.89. The van der Waals surface area contributed by atoms with E-state index < -0.39 is 5.91 Å². The van der Waals surface area contributed by atoms with Gasteiger partial charge in [0.15, 0.2) is 0 Å². The largest absolute Gasteiger partial charge is 0.366 e. The van der Waals surface area contributed by atoms with Gasteiger partial charge in [-0.15, -0.1) is 0 Å². The van der Waals surface area contributed by atoms with Crippen LogP contribution in [0.25, 0.3) is 0 Å². The molecule has 0 spiro atoms. The van der Waals surface area contributed by atoms with E-state index in [2.05, 4.69) is 25.8 Å². The Balaban J connectivity index is 1.59. The summed E-state index contributed by atoms with van der Waals surface area (Å²) >= 11 is 0. The molecule has 9 heteroatoms. The molecular formula is C23H34N8O. The number of nitrogens with two attached hydrogens (primary N) is 1. The molecule has 2 aromatic rings. The van der Waals surface area contributed by atoms with Crippen LogP contribution in [0.1, 0.15) is 54.4 Å². The molecule has 172 valence electrons. The Labute approximate surface area is 189 Å². The number of carbonyl (C=O) groups is 1. The molecule has 32 heavy (non-hydrogen) atoms. The maximum absolute atomic E-state index is 11.6. The third-order valence-electron chi connectivity index (χ3n) is 6.38. The predicted octanol–water partition coefficient (Wildman–Crippen LogP) is 2.81. The molecule has 1 aromatic heterocycles. The topological polar surface area (TPSA) is 121 Å². The van der Waals surface area contributed by atoms with Crippen LogP contribution in [-0.4, -0.2) is 53.6 Å². The fourth-order valence-electron chi connectivity index (χ4n) is 4.49. The second-order valence-electron chi connectivity index (χ2n) is 9.02. The minimum absolute atomic E-state index is 0.293. The third kappa shape index (κ3) is 5.64. The smallest absolute Gasteiger partial charge is 0.248 e. The summed E-state index contributed by atoms with van der Waals surface area (Å²) in [5.74, 6) is 1.86. The summed E-state index contributed by atoms with van der Waals surface area (Å²) in [5, 5.41) is 10.1. The summed E-state index contributed by atoms with van der Waals surface area (Å²) in [6.07, 6.45) is 7.50. The highest BCUT2D eigenvalue weighted by molar-refractivity contribution is 5.94. The van der Waals surface area contributed by atoms with E-state index in [1.165, 1.54) is 32.1 Å². The highest BCUT2D eigenvalue weighted by Gasteiger charge is 2.20. The van der Waals surface area contributed by atoms with Crippen LogP contribution in [0.4, 0.5) is 23.5 Å². The Morgan fingerprint density at radius 3 is 2.66 bits per heavy atom. The first-order chi connectivity index (χ1) is 15.5. The molecule has 1 aliphatic carbocycles. The Morgan fingerprint density at radius 2 is 1.94 bits per heavy atom. The molecule has 1 atom stereocenters. The average molecular weight is 439 g/mol. The number of amides is 1. The quantitative estimate of drug-likeness (QED) is 0.496. The van der Waals surface area contributed by atoms with Gasteiger partial charge in [0, 0.05) is 37.4 Å². The zero-order valence-electron chi connectivity index (χ0n) is 19.0. The van der Waals surface area contributed by atoms with Crippen LogP contribution in [0.2, 0.25) is 0 Å². The molecule has 1 saturated carbocycles. The Hall–Kier alpha value is -2.94. The van der Waals surface area contributed by atoms with Crippen LogP contribution in [-0.2, 0) is 0 Å². The van der Waals surface area contributed by atoms with Gasteiger partial charge in [0.05, 0.1) is 0 Å². The number of aromatic nitrogens is 3. The van der Waals surface area contributed by atoms with Crippen LogP contribution in [0.5, 0.6) is 0 Å². The van der Waals surface area contributed by atoms with E-state index >= 15 is 0 Å². The van der Waals surface area contributed by atoms with Crippen molar-refractivity contribution in [3.63, 3.8) is 0 Å². The van der Waals surface area contributed by atoms with E-state index in [0.29, 0.717) is 35.4 Å². The number of nitrogens with zero attached hydrogens (tertiary/aromatic N) is 4. The molecule has 2 fully saturated rings. The first-order valence-corrected chi connectivity index (χ1v) is 11.6. The number of aryl methyl sites for hydroxylation is 1. The second kappa shape index (κ2) is 10.1. The van der Waals surface area contributed by atoms with Crippen molar-refractivity contribution in [3.05, 3.63) is 29.3 Å². The second-order valence-corrected chi connectivity index (χ2v) is 9.02. The first-order valence-electron chi connectivity index (χ1n) is 11.6. The summed E-state index contributed by atoms with van der Waals surface area (Å²) in [7, 11) is 2.05. The van der Waals surface area contributed by atoms with E-state index in [0.717, 1.165) is 37.3 Å². The van der Waals surface area contributed by atoms with Crippen LogP contribution in [0, 0.1) is 12.8 Å². The van der Waals surface area contributed by atoms with Crippen molar-refractivity contribution < 1.29 is 4.79 Å². The molecule has 1 amide bonds. The van der Waals surface area contributed by atoms with Crippen molar-refractivity contribution in [1.29, 1.82) is 0 Å².